The summed E-state index contributed by atoms with van der Waals surface area (Å²) in [6.45, 7) is 2.44. The van der Waals surface area contributed by atoms with E-state index in [-0.39, 0.29) is 5.82 Å². The summed E-state index contributed by atoms with van der Waals surface area (Å²) >= 11 is 3.34. The minimum Gasteiger partial charge on any atom is -0.355 e. The van der Waals surface area contributed by atoms with Gasteiger partial charge in [-0.15, -0.1) is 0 Å². The molecule has 0 bridgehead atoms. The van der Waals surface area contributed by atoms with Crippen LogP contribution in [0, 0.1) is 12.7 Å². The normalized spacial score (nSPS) is 10.4. The highest BCUT2D eigenvalue weighted by atomic mass is 79.9. The second-order valence-electron chi connectivity index (χ2n) is 4.08. The van der Waals surface area contributed by atoms with E-state index in [0.29, 0.717) is 12.4 Å². The van der Waals surface area contributed by atoms with Crippen molar-refractivity contribution in [3.05, 3.63) is 52.1 Å². The zero-order chi connectivity index (χ0) is 13.1. The number of rotatable bonds is 3. The van der Waals surface area contributed by atoms with E-state index in [2.05, 4.69) is 25.9 Å². The first-order chi connectivity index (χ1) is 8.54. The molecule has 1 aromatic carbocycles. The average molecular weight is 310 g/mol. The van der Waals surface area contributed by atoms with Crippen molar-refractivity contribution in [2.45, 2.75) is 13.5 Å². The van der Waals surface area contributed by atoms with Crippen LogP contribution in [0.2, 0.25) is 0 Å². The third kappa shape index (κ3) is 3.26. The molecule has 2 aromatic rings. The lowest BCUT2D eigenvalue weighted by Gasteiger charge is -2.18. The van der Waals surface area contributed by atoms with Crippen LogP contribution in [0.25, 0.3) is 0 Å². The predicted octanol–water partition coefficient (Wildman–Crippen LogP) is 3.32. The van der Waals surface area contributed by atoms with Crippen molar-refractivity contribution >= 4 is 21.7 Å². The summed E-state index contributed by atoms with van der Waals surface area (Å²) in [5, 5.41) is 0. The Bertz CT molecular complexity index is 539. The molecular weight excluding hydrogens is 297 g/mol. The predicted molar refractivity (Wildman–Crippen MR) is 73.0 cm³/mol. The molecule has 0 saturated carbocycles. The molecule has 0 unspecified atom stereocenters. The van der Waals surface area contributed by atoms with Crippen LogP contribution in [0.4, 0.5) is 10.2 Å². The van der Waals surface area contributed by atoms with Crippen LogP contribution < -0.4 is 4.90 Å². The Kier molecular flexibility index (Phi) is 3.91. The van der Waals surface area contributed by atoms with Crippen LogP contribution in [0.5, 0.6) is 0 Å². The van der Waals surface area contributed by atoms with Crippen LogP contribution >= 0.6 is 15.9 Å². The van der Waals surface area contributed by atoms with Crippen molar-refractivity contribution in [1.82, 2.24) is 9.97 Å². The number of hydrogen-bond acceptors (Lipinski definition) is 3. The largest absolute Gasteiger partial charge is 0.355 e. The van der Waals surface area contributed by atoms with Gasteiger partial charge >= 0.3 is 0 Å². The zero-order valence-electron chi connectivity index (χ0n) is 10.2. The summed E-state index contributed by atoms with van der Waals surface area (Å²) < 4.78 is 13.8. The Hall–Kier alpha value is -1.49. The number of nitrogens with zero attached hydrogens (tertiary/aromatic N) is 3. The molecule has 3 nitrogen and oxygen atoms in total. The van der Waals surface area contributed by atoms with Gasteiger partial charge in [-0.25, -0.2) is 14.4 Å². The maximum atomic E-state index is 13.1. The Morgan fingerprint density at radius 1 is 1.28 bits per heavy atom. The summed E-state index contributed by atoms with van der Waals surface area (Å²) in [6.07, 6.45) is 0. The van der Waals surface area contributed by atoms with E-state index >= 15 is 0 Å². The zero-order valence-corrected chi connectivity index (χ0v) is 11.8. The van der Waals surface area contributed by atoms with Crippen LogP contribution in [-0.2, 0) is 6.54 Å². The van der Waals surface area contributed by atoms with Gasteiger partial charge in [0, 0.05) is 19.7 Å². The van der Waals surface area contributed by atoms with Crippen molar-refractivity contribution < 1.29 is 4.39 Å². The van der Waals surface area contributed by atoms with E-state index in [0.717, 1.165) is 16.0 Å². The standard InChI is InChI=1S/C13H13BrFN3/c1-9-16-12(14)7-13(17-9)18(2)8-10-4-3-5-11(15)6-10/h3-7H,8H2,1-2H3. The molecule has 1 heterocycles. The number of anilines is 1. The Labute approximate surface area is 114 Å². The molecule has 5 heteroatoms. The second-order valence-corrected chi connectivity index (χ2v) is 4.89. The van der Waals surface area contributed by atoms with Crippen molar-refractivity contribution in [2.24, 2.45) is 0 Å². The van der Waals surface area contributed by atoms with Crippen molar-refractivity contribution in [3.8, 4) is 0 Å². The van der Waals surface area contributed by atoms with Crippen LogP contribution in [0.15, 0.2) is 34.9 Å². The summed E-state index contributed by atoms with van der Waals surface area (Å²) in [5.41, 5.74) is 0.907. The van der Waals surface area contributed by atoms with Crippen molar-refractivity contribution in [3.63, 3.8) is 0 Å². The van der Waals surface area contributed by atoms with Gasteiger partial charge in [-0.1, -0.05) is 12.1 Å². The Morgan fingerprint density at radius 3 is 2.72 bits per heavy atom. The molecule has 0 aliphatic carbocycles. The highest BCUT2D eigenvalue weighted by Gasteiger charge is 2.06. The van der Waals surface area contributed by atoms with Crippen molar-refractivity contribution in [1.29, 1.82) is 0 Å². The lowest BCUT2D eigenvalue weighted by atomic mass is 10.2. The summed E-state index contributed by atoms with van der Waals surface area (Å²) in [6, 6.07) is 8.41. The average Bonchev–Trinajstić information content (AvgIpc) is 2.27. The van der Waals surface area contributed by atoms with Gasteiger partial charge < -0.3 is 4.90 Å². The van der Waals surface area contributed by atoms with E-state index in [1.54, 1.807) is 6.07 Å². The fraction of sp³-hybridized carbons (Fsp3) is 0.231. The first-order valence-electron chi connectivity index (χ1n) is 5.51. The van der Waals surface area contributed by atoms with Gasteiger partial charge in [0.25, 0.3) is 0 Å². The molecule has 94 valence electrons. The molecule has 2 rings (SSSR count). The molecule has 0 radical (unpaired) electrons. The molecular formula is C13H13BrFN3. The molecule has 0 spiro atoms. The highest BCUT2D eigenvalue weighted by molar-refractivity contribution is 9.10. The first kappa shape index (κ1) is 13.0. The number of hydrogen-bond donors (Lipinski definition) is 0. The molecule has 18 heavy (non-hydrogen) atoms. The molecule has 0 aliphatic rings. The third-order valence-electron chi connectivity index (χ3n) is 2.49. The van der Waals surface area contributed by atoms with Gasteiger partial charge in [0.05, 0.1) is 0 Å². The highest BCUT2D eigenvalue weighted by Crippen LogP contribution is 2.17. The number of benzene rings is 1. The van der Waals surface area contributed by atoms with Gasteiger partial charge in [-0.2, -0.15) is 0 Å². The van der Waals surface area contributed by atoms with E-state index in [9.17, 15) is 4.39 Å². The smallest absolute Gasteiger partial charge is 0.133 e. The lowest BCUT2D eigenvalue weighted by Crippen LogP contribution is -2.18. The third-order valence-corrected chi connectivity index (χ3v) is 2.90. The molecule has 0 atom stereocenters. The molecule has 1 aromatic heterocycles. The lowest BCUT2D eigenvalue weighted by molar-refractivity contribution is 0.625. The fourth-order valence-corrected chi connectivity index (χ4v) is 2.16. The van der Waals surface area contributed by atoms with Gasteiger partial charge in [-0.05, 0) is 40.5 Å². The van der Waals surface area contributed by atoms with Gasteiger partial charge in [0.1, 0.15) is 22.1 Å². The second kappa shape index (κ2) is 5.44. The quantitative estimate of drug-likeness (QED) is 0.814. The molecule has 0 aliphatic heterocycles. The van der Waals surface area contributed by atoms with Crippen molar-refractivity contribution in [2.75, 3.05) is 11.9 Å². The Balaban J connectivity index is 2.19. The SMILES string of the molecule is Cc1nc(Br)cc(N(C)Cc2cccc(F)c2)n1. The van der Waals surface area contributed by atoms with Gasteiger partial charge in [0.2, 0.25) is 0 Å². The van der Waals surface area contributed by atoms with Crippen LogP contribution in [0.3, 0.4) is 0 Å². The first-order valence-corrected chi connectivity index (χ1v) is 6.30. The van der Waals surface area contributed by atoms with Gasteiger partial charge in [0.15, 0.2) is 0 Å². The van der Waals surface area contributed by atoms with Crippen LogP contribution in [0.1, 0.15) is 11.4 Å². The summed E-state index contributed by atoms with van der Waals surface area (Å²) in [4.78, 5) is 10.5. The molecule has 0 fully saturated rings. The fourth-order valence-electron chi connectivity index (χ4n) is 1.70. The molecule has 0 saturated heterocycles. The topological polar surface area (TPSA) is 29.0 Å². The maximum absolute atomic E-state index is 13.1. The summed E-state index contributed by atoms with van der Waals surface area (Å²) in [5.74, 6) is 1.28. The van der Waals surface area contributed by atoms with E-state index in [1.165, 1.54) is 12.1 Å². The monoisotopic (exact) mass is 309 g/mol. The maximum Gasteiger partial charge on any atom is 0.133 e. The van der Waals surface area contributed by atoms with E-state index < -0.39 is 0 Å². The van der Waals surface area contributed by atoms with Crippen LogP contribution in [-0.4, -0.2) is 17.0 Å². The van der Waals surface area contributed by atoms with E-state index in [4.69, 9.17) is 0 Å². The van der Waals surface area contributed by atoms with Gasteiger partial charge in [-0.3, -0.25) is 0 Å². The van der Waals surface area contributed by atoms with E-state index in [1.807, 2.05) is 31.0 Å². The summed E-state index contributed by atoms with van der Waals surface area (Å²) in [7, 11) is 1.92. The number of halogens is 2. The molecule has 0 N–H and O–H groups in total. The minimum atomic E-state index is -0.221. The molecule has 0 amide bonds. The Morgan fingerprint density at radius 2 is 2.06 bits per heavy atom. The number of aryl methyl sites for hydroxylation is 1. The minimum absolute atomic E-state index is 0.221. The number of aromatic nitrogens is 2.